The average molecular weight is 332 g/mol. The first kappa shape index (κ1) is 17.1. The van der Waals surface area contributed by atoms with Gasteiger partial charge in [0.05, 0.1) is 0 Å². The zero-order valence-corrected chi connectivity index (χ0v) is 15.9. The molecule has 2 nitrogen and oxygen atoms in total. The van der Waals surface area contributed by atoms with Gasteiger partial charge in [0, 0.05) is 30.5 Å². The molecule has 2 saturated carbocycles. The monoisotopic (exact) mass is 331 g/mol. The van der Waals surface area contributed by atoms with Crippen LogP contribution in [-0.4, -0.2) is 28.3 Å². The zero-order chi connectivity index (χ0) is 16.7. The third kappa shape index (κ3) is 3.20. The lowest BCUT2D eigenvalue weighted by Crippen LogP contribution is -2.60. The van der Waals surface area contributed by atoms with Crippen LogP contribution in [0, 0.1) is 17.8 Å². The Balaban J connectivity index is 1.61. The molecule has 4 fully saturated rings. The molecule has 4 aliphatic rings. The van der Waals surface area contributed by atoms with Crippen LogP contribution in [0.1, 0.15) is 97.3 Å². The van der Waals surface area contributed by atoms with Gasteiger partial charge in [0.15, 0.2) is 0 Å². The van der Waals surface area contributed by atoms with Crippen LogP contribution in [0.5, 0.6) is 0 Å². The standard InChI is InChI=1S/C22H37NO/c1-16-10-17(2)14-22(13-16,15-18-6-4-3-5-7-18)23-19-8-9-20(23)12-21(24)11-19/h16-20H,3-15H2,1-2H3/t16?,17?,19-,20+,22?. The van der Waals surface area contributed by atoms with Gasteiger partial charge in [0.25, 0.3) is 0 Å². The molecule has 2 aliphatic heterocycles. The van der Waals surface area contributed by atoms with Crippen LogP contribution >= 0.6 is 0 Å². The van der Waals surface area contributed by atoms with Crippen molar-refractivity contribution in [1.82, 2.24) is 4.90 Å². The minimum atomic E-state index is 0.422. The number of nitrogens with zero attached hydrogens (tertiary/aromatic N) is 1. The normalized spacial score (nSPS) is 44.8. The first-order chi connectivity index (χ1) is 11.6. The molecule has 24 heavy (non-hydrogen) atoms. The molecule has 4 atom stereocenters. The molecule has 0 spiro atoms. The molecule has 2 heteroatoms. The number of ketones is 1. The van der Waals surface area contributed by atoms with E-state index in [1.807, 2.05) is 0 Å². The second-order valence-electron chi connectivity index (χ2n) is 10.0. The molecule has 4 rings (SSSR count). The van der Waals surface area contributed by atoms with E-state index in [4.69, 9.17) is 0 Å². The van der Waals surface area contributed by atoms with Crippen LogP contribution in [0.4, 0.5) is 0 Å². The van der Waals surface area contributed by atoms with E-state index in [1.165, 1.54) is 70.6 Å². The summed E-state index contributed by atoms with van der Waals surface area (Å²) in [5.74, 6) is 3.21. The molecule has 2 bridgehead atoms. The number of rotatable bonds is 3. The zero-order valence-electron chi connectivity index (χ0n) is 15.9. The quantitative estimate of drug-likeness (QED) is 0.695. The van der Waals surface area contributed by atoms with Crippen molar-refractivity contribution < 1.29 is 4.79 Å². The molecule has 0 radical (unpaired) electrons. The number of Topliss-reactive ketones (excluding diaryl/α,β-unsaturated/α-hetero) is 1. The maximum atomic E-state index is 12.1. The highest BCUT2D eigenvalue weighted by atomic mass is 16.1. The number of fused-ring (bicyclic) bond motifs is 2. The van der Waals surface area contributed by atoms with Crippen LogP contribution in [0.3, 0.4) is 0 Å². The summed E-state index contributed by atoms with van der Waals surface area (Å²) >= 11 is 0. The summed E-state index contributed by atoms with van der Waals surface area (Å²) in [6.45, 7) is 4.98. The molecular formula is C22H37NO. The number of piperidine rings is 1. The number of hydrogen-bond acceptors (Lipinski definition) is 2. The predicted octanol–water partition coefficient (Wildman–Crippen LogP) is 5.35. The highest BCUT2D eigenvalue weighted by molar-refractivity contribution is 5.81. The smallest absolute Gasteiger partial charge is 0.136 e. The maximum Gasteiger partial charge on any atom is 0.136 e. The summed E-state index contributed by atoms with van der Waals surface area (Å²) in [5.41, 5.74) is 0.422. The summed E-state index contributed by atoms with van der Waals surface area (Å²) in [7, 11) is 0. The van der Waals surface area contributed by atoms with Gasteiger partial charge in [0.2, 0.25) is 0 Å². The van der Waals surface area contributed by atoms with Gasteiger partial charge in [-0.2, -0.15) is 0 Å². The van der Waals surface area contributed by atoms with Gasteiger partial charge in [-0.3, -0.25) is 9.69 Å². The van der Waals surface area contributed by atoms with Gasteiger partial charge in [-0.25, -0.2) is 0 Å². The third-order valence-electron chi connectivity index (χ3n) is 7.75. The highest BCUT2D eigenvalue weighted by Crippen LogP contribution is 2.51. The van der Waals surface area contributed by atoms with Gasteiger partial charge in [-0.1, -0.05) is 46.0 Å². The molecule has 0 aromatic rings. The fraction of sp³-hybridized carbons (Fsp3) is 0.955. The number of hydrogen-bond donors (Lipinski definition) is 0. The van der Waals surface area contributed by atoms with Crippen LogP contribution in [0.2, 0.25) is 0 Å². The van der Waals surface area contributed by atoms with E-state index in [2.05, 4.69) is 18.7 Å². The van der Waals surface area contributed by atoms with Crippen LogP contribution in [0.15, 0.2) is 0 Å². The minimum Gasteiger partial charge on any atom is -0.300 e. The van der Waals surface area contributed by atoms with Gasteiger partial charge >= 0.3 is 0 Å². The van der Waals surface area contributed by atoms with Gasteiger partial charge in [-0.15, -0.1) is 0 Å². The van der Waals surface area contributed by atoms with Crippen molar-refractivity contribution in [1.29, 1.82) is 0 Å². The van der Waals surface area contributed by atoms with Crippen molar-refractivity contribution in [2.45, 2.75) is 115 Å². The Morgan fingerprint density at radius 1 is 0.917 bits per heavy atom. The average Bonchev–Trinajstić information content (AvgIpc) is 2.80. The topological polar surface area (TPSA) is 20.3 Å². The van der Waals surface area contributed by atoms with Crippen molar-refractivity contribution in [2.75, 3.05) is 0 Å². The summed E-state index contributed by atoms with van der Waals surface area (Å²) in [6, 6.07) is 1.16. The fourth-order valence-corrected chi connectivity index (χ4v) is 7.39. The maximum absolute atomic E-state index is 12.1. The van der Waals surface area contributed by atoms with Crippen LogP contribution < -0.4 is 0 Å². The molecule has 2 unspecified atom stereocenters. The molecule has 2 saturated heterocycles. The van der Waals surface area contributed by atoms with E-state index in [-0.39, 0.29) is 0 Å². The van der Waals surface area contributed by atoms with E-state index >= 15 is 0 Å². The molecule has 2 aliphatic carbocycles. The second-order valence-corrected chi connectivity index (χ2v) is 10.0. The van der Waals surface area contributed by atoms with Crippen molar-refractivity contribution in [3.63, 3.8) is 0 Å². The summed E-state index contributed by atoms with van der Waals surface area (Å²) in [5, 5.41) is 0. The largest absolute Gasteiger partial charge is 0.300 e. The van der Waals surface area contributed by atoms with Crippen LogP contribution in [0.25, 0.3) is 0 Å². The second kappa shape index (κ2) is 6.74. The summed E-state index contributed by atoms with van der Waals surface area (Å²) in [4.78, 5) is 15.1. The minimum absolute atomic E-state index is 0.422. The van der Waals surface area contributed by atoms with Gasteiger partial charge in [-0.05, 0) is 56.3 Å². The summed E-state index contributed by atoms with van der Waals surface area (Å²) < 4.78 is 0. The lowest BCUT2D eigenvalue weighted by Gasteiger charge is -2.55. The molecule has 0 N–H and O–H groups in total. The Hall–Kier alpha value is -0.370. The number of carbonyl (C=O) groups excluding carboxylic acids is 1. The van der Waals surface area contributed by atoms with E-state index in [0.29, 0.717) is 23.4 Å². The third-order valence-corrected chi connectivity index (χ3v) is 7.75. The summed E-state index contributed by atoms with van der Waals surface area (Å²) in [6.07, 6.45) is 17.2. The molecule has 0 aromatic heterocycles. The molecule has 136 valence electrons. The first-order valence-electron chi connectivity index (χ1n) is 10.9. The Morgan fingerprint density at radius 2 is 1.50 bits per heavy atom. The lowest BCUT2D eigenvalue weighted by atomic mass is 9.65. The Bertz CT molecular complexity index is 441. The van der Waals surface area contributed by atoms with Crippen molar-refractivity contribution >= 4 is 5.78 Å². The van der Waals surface area contributed by atoms with Crippen LogP contribution in [-0.2, 0) is 4.79 Å². The lowest BCUT2D eigenvalue weighted by molar-refractivity contribution is -0.129. The fourth-order valence-electron chi connectivity index (χ4n) is 7.39. The van der Waals surface area contributed by atoms with Crippen molar-refractivity contribution in [3.05, 3.63) is 0 Å². The van der Waals surface area contributed by atoms with E-state index in [9.17, 15) is 4.79 Å². The highest BCUT2D eigenvalue weighted by Gasteiger charge is 2.53. The molecule has 0 amide bonds. The Morgan fingerprint density at radius 3 is 2.08 bits per heavy atom. The van der Waals surface area contributed by atoms with Gasteiger partial charge < -0.3 is 0 Å². The number of carbonyl (C=O) groups is 1. The Labute approximate surface area is 148 Å². The predicted molar refractivity (Wildman–Crippen MR) is 99.0 cm³/mol. The van der Waals surface area contributed by atoms with Crippen molar-refractivity contribution in [3.8, 4) is 0 Å². The van der Waals surface area contributed by atoms with Crippen molar-refractivity contribution in [2.24, 2.45) is 17.8 Å². The molecule has 0 aromatic carbocycles. The SMILES string of the molecule is CC1CC(C)CC(CC2CCCCC2)(N2[C@@H]3CC[C@H]2CC(=O)C3)C1. The molecule has 2 heterocycles. The van der Waals surface area contributed by atoms with E-state index in [1.54, 1.807) is 0 Å². The van der Waals surface area contributed by atoms with E-state index in [0.717, 1.165) is 30.6 Å². The van der Waals surface area contributed by atoms with E-state index < -0.39 is 0 Å². The Kier molecular flexibility index (Phi) is 4.79. The first-order valence-corrected chi connectivity index (χ1v) is 10.9. The van der Waals surface area contributed by atoms with Gasteiger partial charge in [0.1, 0.15) is 5.78 Å². The molecular weight excluding hydrogens is 294 g/mol.